The van der Waals surface area contributed by atoms with Gasteiger partial charge in [0.2, 0.25) is 0 Å². The number of ether oxygens (including phenoxy) is 1. The predicted octanol–water partition coefficient (Wildman–Crippen LogP) is 2.75. The molecule has 0 spiro atoms. The molecule has 1 aromatic rings. The van der Waals surface area contributed by atoms with Crippen LogP contribution in [0.3, 0.4) is 0 Å². The Morgan fingerprint density at radius 2 is 2.33 bits per heavy atom. The van der Waals surface area contributed by atoms with Gasteiger partial charge in [-0.2, -0.15) is 0 Å². The molecule has 1 heterocycles. The molecule has 1 amide bonds. The van der Waals surface area contributed by atoms with Gasteiger partial charge < -0.3 is 15.2 Å². The van der Waals surface area contributed by atoms with Crippen molar-refractivity contribution in [2.45, 2.75) is 19.8 Å². The van der Waals surface area contributed by atoms with E-state index in [0.29, 0.717) is 18.7 Å². The molecule has 4 nitrogen and oxygen atoms in total. The van der Waals surface area contributed by atoms with Crippen LogP contribution in [0.5, 0.6) is 5.75 Å². The standard InChI is InChI=1S/C16H20BrNO3/c1-11(9-19)3-2-6-18-16(20)13-7-12-8-14(17)4-5-15(12)21-10-13/h4-5,7-8,11,19H,2-3,6,9-10H2,1H3,(H,18,20). The second kappa shape index (κ2) is 7.61. The van der Waals surface area contributed by atoms with Gasteiger partial charge in [0.25, 0.3) is 5.91 Å². The number of hydrogen-bond acceptors (Lipinski definition) is 3. The number of rotatable bonds is 6. The number of benzene rings is 1. The van der Waals surface area contributed by atoms with Crippen molar-refractivity contribution >= 4 is 27.9 Å². The lowest BCUT2D eigenvalue weighted by Gasteiger charge is -2.18. The third-order valence-corrected chi connectivity index (χ3v) is 3.94. The average molecular weight is 354 g/mol. The average Bonchev–Trinajstić information content (AvgIpc) is 2.50. The lowest BCUT2D eigenvalue weighted by atomic mass is 10.1. The Balaban J connectivity index is 1.89. The van der Waals surface area contributed by atoms with E-state index in [2.05, 4.69) is 21.2 Å². The molecule has 5 heteroatoms. The van der Waals surface area contributed by atoms with Crippen LogP contribution in [0.2, 0.25) is 0 Å². The van der Waals surface area contributed by atoms with Gasteiger partial charge in [-0.25, -0.2) is 0 Å². The molecule has 0 saturated heterocycles. The van der Waals surface area contributed by atoms with Crippen LogP contribution in [-0.4, -0.2) is 30.8 Å². The van der Waals surface area contributed by atoms with Gasteiger partial charge in [-0.15, -0.1) is 0 Å². The van der Waals surface area contributed by atoms with E-state index in [1.54, 1.807) is 0 Å². The van der Waals surface area contributed by atoms with E-state index in [-0.39, 0.29) is 18.4 Å². The Labute approximate surface area is 133 Å². The number of halogens is 1. The molecule has 1 atom stereocenters. The molecule has 0 saturated carbocycles. The maximum atomic E-state index is 12.1. The number of fused-ring (bicyclic) bond motifs is 1. The zero-order valence-electron chi connectivity index (χ0n) is 12.1. The Hall–Kier alpha value is -1.33. The number of aliphatic hydroxyl groups excluding tert-OH is 1. The summed E-state index contributed by atoms with van der Waals surface area (Å²) in [5, 5.41) is 11.8. The van der Waals surface area contributed by atoms with Crippen molar-refractivity contribution in [2.24, 2.45) is 5.92 Å². The van der Waals surface area contributed by atoms with E-state index >= 15 is 0 Å². The van der Waals surface area contributed by atoms with Gasteiger partial charge in [0.15, 0.2) is 0 Å². The molecule has 0 aromatic heterocycles. The van der Waals surface area contributed by atoms with Crippen LogP contribution in [0, 0.1) is 5.92 Å². The summed E-state index contributed by atoms with van der Waals surface area (Å²) in [4.78, 5) is 12.1. The molecule has 0 fully saturated rings. The van der Waals surface area contributed by atoms with E-state index in [1.165, 1.54) is 0 Å². The van der Waals surface area contributed by atoms with Crippen LogP contribution in [0.25, 0.3) is 6.08 Å². The summed E-state index contributed by atoms with van der Waals surface area (Å²) >= 11 is 3.41. The summed E-state index contributed by atoms with van der Waals surface area (Å²) in [6, 6.07) is 5.74. The maximum Gasteiger partial charge on any atom is 0.250 e. The number of hydrogen-bond donors (Lipinski definition) is 2. The Morgan fingerprint density at radius 1 is 1.52 bits per heavy atom. The molecular formula is C16H20BrNO3. The van der Waals surface area contributed by atoms with Gasteiger partial charge in [0.1, 0.15) is 12.4 Å². The van der Waals surface area contributed by atoms with Crippen molar-refractivity contribution in [3.63, 3.8) is 0 Å². The lowest BCUT2D eigenvalue weighted by Crippen LogP contribution is -2.29. The predicted molar refractivity (Wildman–Crippen MR) is 86.1 cm³/mol. The highest BCUT2D eigenvalue weighted by Gasteiger charge is 2.17. The second-order valence-corrected chi connectivity index (χ2v) is 6.24. The fourth-order valence-corrected chi connectivity index (χ4v) is 2.52. The minimum Gasteiger partial charge on any atom is -0.488 e. The van der Waals surface area contributed by atoms with Crippen LogP contribution in [0.15, 0.2) is 28.2 Å². The van der Waals surface area contributed by atoms with Crippen molar-refractivity contribution < 1.29 is 14.6 Å². The maximum absolute atomic E-state index is 12.1. The number of aliphatic hydroxyl groups is 1. The zero-order valence-corrected chi connectivity index (χ0v) is 13.6. The molecular weight excluding hydrogens is 334 g/mol. The summed E-state index contributed by atoms with van der Waals surface area (Å²) in [6.45, 7) is 3.10. The first-order valence-corrected chi connectivity index (χ1v) is 7.91. The minimum atomic E-state index is -0.0859. The zero-order chi connectivity index (χ0) is 15.2. The fourth-order valence-electron chi connectivity index (χ4n) is 2.14. The van der Waals surface area contributed by atoms with Crippen molar-refractivity contribution in [1.82, 2.24) is 5.32 Å². The molecule has 21 heavy (non-hydrogen) atoms. The van der Waals surface area contributed by atoms with Crippen LogP contribution >= 0.6 is 15.9 Å². The highest BCUT2D eigenvalue weighted by atomic mass is 79.9. The summed E-state index contributed by atoms with van der Waals surface area (Å²) in [7, 11) is 0. The monoisotopic (exact) mass is 353 g/mol. The van der Waals surface area contributed by atoms with Crippen LogP contribution in [0.4, 0.5) is 0 Å². The van der Waals surface area contributed by atoms with Gasteiger partial charge in [-0.05, 0) is 43.0 Å². The van der Waals surface area contributed by atoms with Crippen LogP contribution < -0.4 is 10.1 Å². The normalized spacial score (nSPS) is 14.7. The highest BCUT2D eigenvalue weighted by Crippen LogP contribution is 2.29. The van der Waals surface area contributed by atoms with E-state index < -0.39 is 0 Å². The summed E-state index contributed by atoms with van der Waals surface area (Å²) < 4.78 is 6.55. The van der Waals surface area contributed by atoms with E-state index in [0.717, 1.165) is 28.6 Å². The van der Waals surface area contributed by atoms with Gasteiger partial charge >= 0.3 is 0 Å². The van der Waals surface area contributed by atoms with Crippen molar-refractivity contribution in [3.05, 3.63) is 33.8 Å². The Bertz CT molecular complexity index is 542. The fraction of sp³-hybridized carbons (Fsp3) is 0.438. The molecule has 1 aliphatic heterocycles. The summed E-state index contributed by atoms with van der Waals surface area (Å²) in [5.74, 6) is 0.993. The molecule has 1 unspecified atom stereocenters. The topological polar surface area (TPSA) is 58.6 Å². The second-order valence-electron chi connectivity index (χ2n) is 5.33. The summed E-state index contributed by atoms with van der Waals surface area (Å²) in [5.41, 5.74) is 1.55. The summed E-state index contributed by atoms with van der Waals surface area (Å²) in [6.07, 6.45) is 3.64. The molecule has 114 valence electrons. The van der Waals surface area contributed by atoms with Crippen molar-refractivity contribution in [3.8, 4) is 5.75 Å². The van der Waals surface area contributed by atoms with E-state index in [9.17, 15) is 4.79 Å². The first-order valence-electron chi connectivity index (χ1n) is 7.12. The van der Waals surface area contributed by atoms with Gasteiger partial charge in [-0.1, -0.05) is 22.9 Å². The first kappa shape index (κ1) is 16.0. The van der Waals surface area contributed by atoms with Crippen molar-refractivity contribution in [1.29, 1.82) is 0 Å². The molecule has 0 bridgehead atoms. The van der Waals surface area contributed by atoms with Gasteiger partial charge in [-0.3, -0.25) is 4.79 Å². The largest absolute Gasteiger partial charge is 0.488 e. The third kappa shape index (κ3) is 4.58. The molecule has 0 aliphatic carbocycles. The number of carbonyl (C=O) groups is 1. The first-order chi connectivity index (χ1) is 10.1. The van der Waals surface area contributed by atoms with E-state index in [1.807, 2.05) is 31.2 Å². The van der Waals surface area contributed by atoms with Gasteiger partial charge in [0, 0.05) is 23.2 Å². The minimum absolute atomic E-state index is 0.0859. The quantitative estimate of drug-likeness (QED) is 0.773. The number of amides is 1. The molecule has 1 aliphatic rings. The van der Waals surface area contributed by atoms with Crippen LogP contribution in [-0.2, 0) is 4.79 Å². The molecule has 1 aromatic carbocycles. The van der Waals surface area contributed by atoms with Crippen molar-refractivity contribution in [2.75, 3.05) is 19.8 Å². The molecule has 2 rings (SSSR count). The third-order valence-electron chi connectivity index (χ3n) is 3.45. The number of carbonyl (C=O) groups excluding carboxylic acids is 1. The SMILES string of the molecule is CC(CO)CCCNC(=O)C1=Cc2cc(Br)ccc2OC1. The molecule has 0 radical (unpaired) electrons. The highest BCUT2D eigenvalue weighted by molar-refractivity contribution is 9.10. The lowest BCUT2D eigenvalue weighted by molar-refractivity contribution is -0.117. The number of nitrogens with one attached hydrogen (secondary N) is 1. The Kier molecular flexibility index (Phi) is 5.82. The smallest absolute Gasteiger partial charge is 0.250 e. The van der Waals surface area contributed by atoms with Crippen LogP contribution in [0.1, 0.15) is 25.3 Å². The Morgan fingerprint density at radius 3 is 3.10 bits per heavy atom. The molecule has 2 N–H and O–H groups in total. The van der Waals surface area contributed by atoms with E-state index in [4.69, 9.17) is 9.84 Å². The van der Waals surface area contributed by atoms with Gasteiger partial charge in [0.05, 0.1) is 5.57 Å².